The average molecular weight is 305 g/mol. The molecular formula is C17H27N3O2. The van der Waals surface area contributed by atoms with Crippen LogP contribution in [0, 0.1) is 5.92 Å². The van der Waals surface area contributed by atoms with Crippen molar-refractivity contribution < 1.29 is 9.53 Å². The molecule has 1 heterocycles. The van der Waals surface area contributed by atoms with Crippen LogP contribution in [0.4, 0.5) is 5.69 Å². The molecule has 122 valence electrons. The molecule has 0 aliphatic carbocycles. The number of carbonyl (C=O) groups is 1. The highest BCUT2D eigenvalue weighted by Gasteiger charge is 2.21. The number of nitrogens with two attached hydrogens (primary N) is 1. The van der Waals surface area contributed by atoms with Gasteiger partial charge < -0.3 is 15.8 Å². The van der Waals surface area contributed by atoms with E-state index in [9.17, 15) is 4.79 Å². The van der Waals surface area contributed by atoms with Crippen LogP contribution in [0.25, 0.3) is 0 Å². The van der Waals surface area contributed by atoms with Crippen molar-refractivity contribution in [3.8, 4) is 0 Å². The predicted molar refractivity (Wildman–Crippen MR) is 88.6 cm³/mol. The van der Waals surface area contributed by atoms with Crippen LogP contribution in [0.5, 0.6) is 0 Å². The predicted octanol–water partition coefficient (Wildman–Crippen LogP) is 1.28. The highest BCUT2D eigenvalue weighted by atomic mass is 16.5. The van der Waals surface area contributed by atoms with E-state index < -0.39 is 0 Å². The first-order valence-electron chi connectivity index (χ1n) is 7.98. The topological polar surface area (TPSA) is 67.6 Å². The molecule has 2 rings (SSSR count). The van der Waals surface area contributed by atoms with Gasteiger partial charge in [0.1, 0.15) is 0 Å². The first kappa shape index (κ1) is 16.8. The molecule has 1 unspecified atom stereocenters. The lowest BCUT2D eigenvalue weighted by Gasteiger charge is -2.33. The molecule has 3 N–H and O–H groups in total. The zero-order chi connectivity index (χ0) is 15.9. The Balaban J connectivity index is 1.72. The summed E-state index contributed by atoms with van der Waals surface area (Å²) in [5.74, 6) is 0.674. The summed E-state index contributed by atoms with van der Waals surface area (Å²) in [7, 11) is 0. The highest BCUT2D eigenvalue weighted by Crippen LogP contribution is 2.08. The van der Waals surface area contributed by atoms with Gasteiger partial charge in [-0.15, -0.1) is 0 Å². The van der Waals surface area contributed by atoms with Crippen LogP contribution in [0.3, 0.4) is 0 Å². The molecule has 0 aromatic heterocycles. The van der Waals surface area contributed by atoms with Crippen molar-refractivity contribution in [3.05, 3.63) is 29.8 Å². The second-order valence-corrected chi connectivity index (χ2v) is 6.37. The van der Waals surface area contributed by atoms with Gasteiger partial charge in [-0.2, -0.15) is 0 Å². The number of hydrogen-bond donors (Lipinski definition) is 2. The van der Waals surface area contributed by atoms with Gasteiger partial charge in [0, 0.05) is 31.9 Å². The summed E-state index contributed by atoms with van der Waals surface area (Å²) >= 11 is 0. The summed E-state index contributed by atoms with van der Waals surface area (Å²) < 4.78 is 5.73. The highest BCUT2D eigenvalue weighted by molar-refractivity contribution is 5.78. The van der Waals surface area contributed by atoms with Crippen LogP contribution in [-0.2, 0) is 16.0 Å². The normalized spacial score (nSPS) is 19.3. The van der Waals surface area contributed by atoms with Crippen molar-refractivity contribution in [2.45, 2.75) is 26.4 Å². The van der Waals surface area contributed by atoms with Crippen LogP contribution < -0.4 is 11.1 Å². The maximum Gasteiger partial charge on any atom is 0.224 e. The van der Waals surface area contributed by atoms with Crippen molar-refractivity contribution in [2.75, 3.05) is 38.5 Å². The minimum atomic E-state index is 0.0226. The lowest BCUT2D eigenvalue weighted by molar-refractivity contribution is -0.121. The lowest BCUT2D eigenvalue weighted by Crippen LogP contribution is -2.48. The van der Waals surface area contributed by atoms with E-state index in [1.165, 1.54) is 0 Å². The van der Waals surface area contributed by atoms with Gasteiger partial charge in [-0.05, 0) is 23.6 Å². The van der Waals surface area contributed by atoms with Crippen molar-refractivity contribution in [2.24, 2.45) is 5.92 Å². The Morgan fingerprint density at radius 2 is 2.14 bits per heavy atom. The van der Waals surface area contributed by atoms with E-state index in [1.54, 1.807) is 0 Å². The minimum Gasteiger partial charge on any atom is -0.399 e. The fourth-order valence-corrected chi connectivity index (χ4v) is 2.70. The van der Waals surface area contributed by atoms with Crippen molar-refractivity contribution in [3.63, 3.8) is 0 Å². The van der Waals surface area contributed by atoms with Gasteiger partial charge in [-0.1, -0.05) is 26.0 Å². The fourth-order valence-electron chi connectivity index (χ4n) is 2.70. The Morgan fingerprint density at radius 3 is 2.82 bits per heavy atom. The second kappa shape index (κ2) is 8.15. The molecule has 1 saturated heterocycles. The monoisotopic (exact) mass is 305 g/mol. The minimum absolute atomic E-state index is 0.0226. The number of benzene rings is 1. The third kappa shape index (κ3) is 5.66. The van der Waals surface area contributed by atoms with Crippen LogP contribution >= 0.6 is 0 Å². The van der Waals surface area contributed by atoms with Crippen LogP contribution in [-0.4, -0.2) is 49.7 Å². The van der Waals surface area contributed by atoms with E-state index in [4.69, 9.17) is 10.5 Å². The first-order valence-corrected chi connectivity index (χ1v) is 7.98. The number of nitrogens with one attached hydrogen (secondary N) is 1. The summed E-state index contributed by atoms with van der Waals surface area (Å²) in [6.45, 7) is 8.71. The van der Waals surface area contributed by atoms with Crippen LogP contribution in [0.1, 0.15) is 19.4 Å². The standard InChI is InChI=1S/C17H27N3O2/c1-13(2)11-20-7-8-22-16(12-20)10-19-17(21)9-14-3-5-15(18)6-4-14/h3-6,13,16H,7-12,18H2,1-2H3,(H,19,21). The Labute approximate surface area is 132 Å². The molecule has 1 aromatic rings. The number of nitrogen functional groups attached to an aromatic ring is 1. The lowest BCUT2D eigenvalue weighted by atomic mass is 10.1. The van der Waals surface area contributed by atoms with Gasteiger partial charge in [0.15, 0.2) is 0 Å². The molecule has 22 heavy (non-hydrogen) atoms. The molecule has 0 spiro atoms. The van der Waals surface area contributed by atoms with E-state index >= 15 is 0 Å². The summed E-state index contributed by atoms with van der Waals surface area (Å²) in [5.41, 5.74) is 7.32. The number of ether oxygens (including phenoxy) is 1. The number of hydrogen-bond acceptors (Lipinski definition) is 4. The molecule has 0 saturated carbocycles. The van der Waals surface area contributed by atoms with Crippen LogP contribution in [0.15, 0.2) is 24.3 Å². The average Bonchev–Trinajstić information content (AvgIpc) is 2.47. The van der Waals surface area contributed by atoms with Gasteiger partial charge >= 0.3 is 0 Å². The molecule has 5 nitrogen and oxygen atoms in total. The van der Waals surface area contributed by atoms with Crippen molar-refractivity contribution in [1.29, 1.82) is 0 Å². The van der Waals surface area contributed by atoms with Crippen LogP contribution in [0.2, 0.25) is 0 Å². The van der Waals surface area contributed by atoms with E-state index in [2.05, 4.69) is 24.1 Å². The maximum atomic E-state index is 12.0. The fraction of sp³-hybridized carbons (Fsp3) is 0.588. The van der Waals surface area contributed by atoms with E-state index in [-0.39, 0.29) is 12.0 Å². The number of morpholine rings is 1. The molecular weight excluding hydrogens is 278 g/mol. The SMILES string of the molecule is CC(C)CN1CCOC(CNC(=O)Cc2ccc(N)cc2)C1. The Bertz CT molecular complexity index is 473. The molecule has 1 aromatic carbocycles. The smallest absolute Gasteiger partial charge is 0.224 e. The molecule has 1 aliphatic heterocycles. The summed E-state index contributed by atoms with van der Waals surface area (Å²) in [5, 5.41) is 2.97. The third-order valence-electron chi connectivity index (χ3n) is 3.72. The van der Waals surface area contributed by atoms with Gasteiger partial charge in [0.25, 0.3) is 0 Å². The first-order chi connectivity index (χ1) is 10.5. The molecule has 1 aliphatic rings. The quantitative estimate of drug-likeness (QED) is 0.777. The zero-order valence-corrected chi connectivity index (χ0v) is 13.5. The summed E-state index contributed by atoms with van der Waals surface area (Å²) in [6, 6.07) is 7.40. The van der Waals surface area contributed by atoms with Gasteiger partial charge in [0.2, 0.25) is 5.91 Å². The number of rotatable bonds is 6. The van der Waals surface area contributed by atoms with Gasteiger partial charge in [-0.25, -0.2) is 0 Å². The third-order valence-corrected chi connectivity index (χ3v) is 3.72. The van der Waals surface area contributed by atoms with E-state index in [0.717, 1.165) is 31.8 Å². The second-order valence-electron chi connectivity index (χ2n) is 6.37. The number of nitrogens with zero attached hydrogens (tertiary/aromatic N) is 1. The molecule has 1 atom stereocenters. The number of amides is 1. The summed E-state index contributed by atoms with van der Waals surface area (Å²) in [6.07, 6.45) is 0.464. The van der Waals surface area contributed by atoms with Crippen molar-refractivity contribution in [1.82, 2.24) is 10.2 Å². The number of anilines is 1. The number of carbonyl (C=O) groups excluding carboxylic acids is 1. The largest absolute Gasteiger partial charge is 0.399 e. The molecule has 0 bridgehead atoms. The summed E-state index contributed by atoms with van der Waals surface area (Å²) in [4.78, 5) is 14.4. The molecule has 0 radical (unpaired) electrons. The maximum absolute atomic E-state index is 12.0. The Hall–Kier alpha value is -1.59. The van der Waals surface area contributed by atoms with E-state index in [0.29, 0.717) is 24.6 Å². The Kier molecular flexibility index (Phi) is 6.21. The zero-order valence-electron chi connectivity index (χ0n) is 13.5. The van der Waals surface area contributed by atoms with Crippen molar-refractivity contribution >= 4 is 11.6 Å². The Morgan fingerprint density at radius 1 is 1.41 bits per heavy atom. The molecule has 1 fully saturated rings. The van der Waals surface area contributed by atoms with Gasteiger partial charge in [-0.3, -0.25) is 9.69 Å². The molecule has 5 heteroatoms. The van der Waals surface area contributed by atoms with Gasteiger partial charge in [0.05, 0.1) is 19.1 Å². The molecule has 1 amide bonds. The van der Waals surface area contributed by atoms with E-state index in [1.807, 2.05) is 24.3 Å².